The number of esters is 1. The number of pyridine rings is 1. The average Bonchev–Trinajstić information content (AvgIpc) is 3.06. The molecule has 0 bridgehead atoms. The van der Waals surface area contributed by atoms with Gasteiger partial charge in [-0.05, 0) is 37.5 Å². The molecule has 0 unspecified atom stereocenters. The van der Waals surface area contributed by atoms with Crippen LogP contribution < -0.4 is 4.57 Å². The minimum absolute atomic E-state index is 0.106. The van der Waals surface area contributed by atoms with Gasteiger partial charge in [0.1, 0.15) is 12.6 Å². The summed E-state index contributed by atoms with van der Waals surface area (Å²) in [6.45, 7) is 1.22. The lowest BCUT2D eigenvalue weighted by molar-refractivity contribution is -0.671. The number of benzene rings is 1. The van der Waals surface area contributed by atoms with Crippen LogP contribution in [0.25, 0.3) is 10.9 Å². The summed E-state index contributed by atoms with van der Waals surface area (Å²) in [6.07, 6.45) is 8.23. The van der Waals surface area contributed by atoms with E-state index in [2.05, 4.69) is 4.57 Å². The van der Waals surface area contributed by atoms with Crippen molar-refractivity contribution in [1.29, 1.82) is 0 Å². The molecule has 0 N–H and O–H groups in total. The zero-order valence-electron chi connectivity index (χ0n) is 15.2. The van der Waals surface area contributed by atoms with Gasteiger partial charge >= 0.3 is 5.97 Å². The summed E-state index contributed by atoms with van der Waals surface area (Å²) < 4.78 is 9.21. The minimum Gasteiger partial charge on any atom is -0.462 e. The number of non-ortho nitro benzene ring substituents is 1. The Morgan fingerprint density at radius 2 is 2.07 bits per heavy atom. The van der Waals surface area contributed by atoms with Gasteiger partial charge in [0, 0.05) is 41.8 Å². The molecule has 0 radical (unpaired) electrons. The smallest absolute Gasteiger partial charge is 0.344 e. The molecule has 2 aromatic heterocycles. The minimum atomic E-state index is -0.381. The van der Waals surface area contributed by atoms with E-state index in [0.717, 1.165) is 36.7 Å². The highest BCUT2D eigenvalue weighted by atomic mass is 16.6. The number of carbonyl (C=O) groups excluding carboxylic acids is 1. The topological polar surface area (TPSA) is 78.2 Å². The molecule has 140 valence electrons. The molecule has 0 saturated carbocycles. The second kappa shape index (κ2) is 8.44. The predicted octanol–water partition coefficient (Wildman–Crippen LogP) is 3.40. The third kappa shape index (κ3) is 4.69. The Morgan fingerprint density at radius 1 is 1.22 bits per heavy atom. The van der Waals surface area contributed by atoms with Gasteiger partial charge in [0.05, 0.1) is 11.5 Å². The molecule has 2 heterocycles. The van der Waals surface area contributed by atoms with Crippen molar-refractivity contribution in [1.82, 2.24) is 4.57 Å². The maximum Gasteiger partial charge on any atom is 0.344 e. The summed E-state index contributed by atoms with van der Waals surface area (Å²) in [5.41, 5.74) is 1.64. The number of unbranched alkanes of at least 4 members (excludes halogenated alkanes) is 2. The molecular formula is C20H22N3O4+. The van der Waals surface area contributed by atoms with Crippen molar-refractivity contribution in [3.05, 3.63) is 70.7 Å². The number of nitro benzene ring substituents is 1. The van der Waals surface area contributed by atoms with Crippen LogP contribution in [0.1, 0.15) is 29.6 Å². The first kappa shape index (κ1) is 18.6. The molecule has 27 heavy (non-hydrogen) atoms. The molecule has 0 amide bonds. The Kier molecular flexibility index (Phi) is 5.80. The summed E-state index contributed by atoms with van der Waals surface area (Å²) in [4.78, 5) is 22.4. The van der Waals surface area contributed by atoms with Crippen LogP contribution in [0.3, 0.4) is 0 Å². The number of aromatic nitrogens is 2. The van der Waals surface area contributed by atoms with E-state index in [4.69, 9.17) is 4.74 Å². The standard InChI is InChI=1S/C20H22N3O4/c1-21-10-5-6-17(15-21)20(24)27-13-4-2-3-11-22-12-9-16-14-18(23(25)26)7-8-19(16)22/h5-10,12,14-15H,2-4,11,13H2,1H3/q+1. The van der Waals surface area contributed by atoms with Gasteiger partial charge in [-0.25, -0.2) is 9.36 Å². The highest BCUT2D eigenvalue weighted by molar-refractivity contribution is 5.88. The maximum atomic E-state index is 12.0. The molecule has 0 saturated heterocycles. The van der Waals surface area contributed by atoms with Gasteiger partial charge in [0.25, 0.3) is 5.69 Å². The van der Waals surface area contributed by atoms with E-state index in [1.165, 1.54) is 6.07 Å². The van der Waals surface area contributed by atoms with Gasteiger partial charge in [-0.15, -0.1) is 0 Å². The van der Waals surface area contributed by atoms with Crippen molar-refractivity contribution in [3.63, 3.8) is 0 Å². The molecule has 0 atom stereocenters. The second-order valence-electron chi connectivity index (χ2n) is 6.46. The summed E-state index contributed by atoms with van der Waals surface area (Å²) in [7, 11) is 1.86. The van der Waals surface area contributed by atoms with E-state index < -0.39 is 0 Å². The molecule has 0 aliphatic heterocycles. The van der Waals surface area contributed by atoms with Crippen molar-refractivity contribution in [2.75, 3.05) is 6.61 Å². The van der Waals surface area contributed by atoms with Crippen molar-refractivity contribution in [2.24, 2.45) is 7.05 Å². The highest BCUT2D eigenvalue weighted by Gasteiger charge is 2.10. The average molecular weight is 368 g/mol. The van der Waals surface area contributed by atoms with Crippen LogP contribution in [0.2, 0.25) is 0 Å². The molecule has 0 fully saturated rings. The highest BCUT2D eigenvalue weighted by Crippen LogP contribution is 2.22. The predicted molar refractivity (Wildman–Crippen MR) is 100 cm³/mol. The number of ether oxygens (including phenoxy) is 1. The molecule has 0 aliphatic carbocycles. The zero-order valence-corrected chi connectivity index (χ0v) is 15.2. The number of nitrogens with zero attached hydrogens (tertiary/aromatic N) is 3. The largest absolute Gasteiger partial charge is 0.462 e. The number of rotatable bonds is 8. The third-order valence-corrected chi connectivity index (χ3v) is 4.42. The van der Waals surface area contributed by atoms with Crippen molar-refractivity contribution < 1.29 is 19.0 Å². The van der Waals surface area contributed by atoms with Gasteiger partial charge in [-0.2, -0.15) is 0 Å². The Labute approximate surface area is 157 Å². The molecule has 7 nitrogen and oxygen atoms in total. The summed E-state index contributed by atoms with van der Waals surface area (Å²) in [6, 6.07) is 10.4. The number of carbonyl (C=O) groups is 1. The zero-order chi connectivity index (χ0) is 19.2. The Bertz CT molecular complexity index is 965. The van der Waals surface area contributed by atoms with Crippen molar-refractivity contribution >= 4 is 22.6 Å². The fourth-order valence-corrected chi connectivity index (χ4v) is 3.01. The molecule has 1 aromatic carbocycles. The van der Waals surface area contributed by atoms with E-state index in [1.807, 2.05) is 36.1 Å². The summed E-state index contributed by atoms with van der Waals surface area (Å²) in [5.74, 6) is -0.302. The fraction of sp³-hybridized carbons (Fsp3) is 0.300. The monoisotopic (exact) mass is 368 g/mol. The first-order valence-electron chi connectivity index (χ1n) is 8.90. The molecule has 7 heteroatoms. The van der Waals surface area contributed by atoms with Crippen LogP contribution in [0.4, 0.5) is 5.69 Å². The molecule has 0 spiro atoms. The Morgan fingerprint density at radius 3 is 2.85 bits per heavy atom. The molecule has 3 aromatic rings. The number of hydrogen-bond acceptors (Lipinski definition) is 4. The SMILES string of the molecule is C[n+]1cccc(C(=O)OCCCCCn2ccc3cc([N+](=O)[O-])ccc32)c1. The van der Waals surface area contributed by atoms with Crippen LogP contribution >= 0.6 is 0 Å². The molecule has 0 aliphatic rings. The van der Waals surface area contributed by atoms with Crippen LogP contribution in [0, 0.1) is 10.1 Å². The quantitative estimate of drug-likeness (QED) is 0.201. The first-order valence-corrected chi connectivity index (χ1v) is 8.90. The lowest BCUT2D eigenvalue weighted by Crippen LogP contribution is -2.28. The molecule has 3 rings (SSSR count). The lowest BCUT2D eigenvalue weighted by atomic mass is 10.2. The van der Waals surface area contributed by atoms with Gasteiger partial charge in [0.15, 0.2) is 12.4 Å². The van der Waals surface area contributed by atoms with E-state index in [-0.39, 0.29) is 16.6 Å². The Balaban J connectivity index is 1.42. The third-order valence-electron chi connectivity index (χ3n) is 4.42. The van der Waals surface area contributed by atoms with E-state index >= 15 is 0 Å². The van der Waals surface area contributed by atoms with Gasteiger partial charge in [-0.1, -0.05) is 0 Å². The summed E-state index contributed by atoms with van der Waals surface area (Å²) >= 11 is 0. The van der Waals surface area contributed by atoms with E-state index in [1.54, 1.807) is 24.4 Å². The number of fused-ring (bicyclic) bond motifs is 1. The van der Waals surface area contributed by atoms with Crippen LogP contribution in [0.15, 0.2) is 55.0 Å². The summed E-state index contributed by atoms with van der Waals surface area (Å²) in [5, 5.41) is 11.7. The maximum absolute atomic E-state index is 12.0. The van der Waals surface area contributed by atoms with Crippen molar-refractivity contribution in [2.45, 2.75) is 25.8 Å². The normalized spacial score (nSPS) is 10.9. The number of hydrogen-bond donors (Lipinski definition) is 0. The van der Waals surface area contributed by atoms with Gasteiger partial charge in [0.2, 0.25) is 0 Å². The van der Waals surface area contributed by atoms with Crippen LogP contribution in [0.5, 0.6) is 0 Å². The van der Waals surface area contributed by atoms with Crippen LogP contribution in [-0.2, 0) is 18.3 Å². The number of aryl methyl sites for hydroxylation is 2. The van der Waals surface area contributed by atoms with Crippen molar-refractivity contribution in [3.8, 4) is 0 Å². The lowest BCUT2D eigenvalue weighted by Gasteiger charge is -2.06. The first-order chi connectivity index (χ1) is 13.0. The second-order valence-corrected chi connectivity index (χ2v) is 6.46. The van der Waals surface area contributed by atoms with Gasteiger partial charge in [-0.3, -0.25) is 10.1 Å². The molecular weight excluding hydrogens is 346 g/mol. The van der Waals surface area contributed by atoms with E-state index in [0.29, 0.717) is 12.2 Å². The number of nitro groups is 1. The van der Waals surface area contributed by atoms with Crippen LogP contribution in [-0.4, -0.2) is 22.1 Å². The Hall–Kier alpha value is -3.22. The fourth-order valence-electron chi connectivity index (χ4n) is 3.01. The van der Waals surface area contributed by atoms with Gasteiger partial charge < -0.3 is 9.30 Å². The van der Waals surface area contributed by atoms with E-state index in [9.17, 15) is 14.9 Å².